The molecule has 0 fully saturated rings. The van der Waals surface area contributed by atoms with Crippen LogP contribution in [0.25, 0.3) is 10.4 Å². The number of amides is 3. The third-order valence-electron chi connectivity index (χ3n) is 4.65. The summed E-state index contributed by atoms with van der Waals surface area (Å²) in [5.74, 6) is -0.961. The number of nitrogen functional groups attached to an aromatic ring is 1. The van der Waals surface area contributed by atoms with E-state index < -0.39 is 6.04 Å². The molecular weight excluding hydrogens is 424 g/mol. The normalized spacial score (nSPS) is 11.6. The van der Waals surface area contributed by atoms with Crippen LogP contribution in [0.2, 0.25) is 0 Å². The Kier molecular flexibility index (Phi) is 7.27. The minimum absolute atomic E-state index is 0.0702. The van der Waals surface area contributed by atoms with Gasteiger partial charge in [0.05, 0.1) is 11.4 Å². The number of carbonyl (C=O) groups excluding carboxylic acids is 3. The van der Waals surface area contributed by atoms with Crippen molar-refractivity contribution in [3.8, 4) is 10.4 Å². The first-order valence-electron chi connectivity index (χ1n) is 10.2. The molecule has 166 valence electrons. The lowest BCUT2D eigenvalue weighted by molar-refractivity contribution is -0.128. The lowest BCUT2D eigenvalue weighted by atomic mass is 10.0. The van der Waals surface area contributed by atoms with Crippen LogP contribution in [0.15, 0.2) is 60.0 Å². The van der Waals surface area contributed by atoms with Crippen molar-refractivity contribution in [2.24, 2.45) is 0 Å². The maximum Gasteiger partial charge on any atom is 0.255 e. The van der Waals surface area contributed by atoms with Gasteiger partial charge >= 0.3 is 0 Å². The molecule has 32 heavy (non-hydrogen) atoms. The Labute approximate surface area is 191 Å². The number of nitrogens with two attached hydrogens (primary N) is 1. The molecule has 5 N–H and O–H groups in total. The number of carbonyl (C=O) groups is 3. The summed E-state index contributed by atoms with van der Waals surface area (Å²) in [6, 6.07) is 15.1. The number of hydrogen-bond donors (Lipinski definition) is 4. The van der Waals surface area contributed by atoms with Gasteiger partial charge in [-0.15, -0.1) is 11.3 Å². The van der Waals surface area contributed by atoms with Crippen molar-refractivity contribution >= 4 is 40.4 Å². The van der Waals surface area contributed by atoms with E-state index >= 15 is 0 Å². The standard InChI is InChI=1S/C24H26N4O3S/c1-14(2)26-24(31)22(27-15(3)29)16-6-8-17(9-7-16)23(30)28-20-13-18(10-11-19(20)25)21-5-4-12-32-21/h4-14,22H,25H2,1-3H3,(H,26,31)(H,27,29)(H,28,30). The molecule has 3 aromatic rings. The van der Waals surface area contributed by atoms with Crippen LogP contribution in [0, 0.1) is 0 Å². The molecule has 0 spiro atoms. The van der Waals surface area contributed by atoms with Crippen LogP contribution in [0.3, 0.4) is 0 Å². The number of rotatable bonds is 7. The highest BCUT2D eigenvalue weighted by Gasteiger charge is 2.22. The fourth-order valence-electron chi connectivity index (χ4n) is 3.15. The van der Waals surface area contributed by atoms with Crippen molar-refractivity contribution in [3.63, 3.8) is 0 Å². The minimum atomic E-state index is -0.842. The monoisotopic (exact) mass is 450 g/mol. The van der Waals surface area contributed by atoms with E-state index in [1.54, 1.807) is 41.7 Å². The van der Waals surface area contributed by atoms with Crippen molar-refractivity contribution in [2.75, 3.05) is 11.1 Å². The van der Waals surface area contributed by atoms with Crippen LogP contribution in [0.5, 0.6) is 0 Å². The van der Waals surface area contributed by atoms with E-state index in [4.69, 9.17) is 5.73 Å². The summed E-state index contributed by atoms with van der Waals surface area (Å²) in [5, 5.41) is 10.3. The van der Waals surface area contributed by atoms with E-state index in [0.29, 0.717) is 22.5 Å². The molecule has 1 unspecified atom stereocenters. The predicted octanol–water partition coefficient (Wildman–Crippen LogP) is 3.95. The highest BCUT2D eigenvalue weighted by atomic mass is 32.1. The zero-order chi connectivity index (χ0) is 23.3. The Morgan fingerprint density at radius 1 is 0.969 bits per heavy atom. The number of hydrogen-bond acceptors (Lipinski definition) is 5. The van der Waals surface area contributed by atoms with Gasteiger partial charge in [-0.05, 0) is 60.7 Å². The molecule has 7 nitrogen and oxygen atoms in total. The van der Waals surface area contributed by atoms with Gasteiger partial charge in [0.25, 0.3) is 5.91 Å². The van der Waals surface area contributed by atoms with Crippen LogP contribution in [0.4, 0.5) is 11.4 Å². The summed E-state index contributed by atoms with van der Waals surface area (Å²) < 4.78 is 0. The first kappa shape index (κ1) is 23.0. The van der Waals surface area contributed by atoms with Crippen LogP contribution in [-0.4, -0.2) is 23.8 Å². The third kappa shape index (κ3) is 5.73. The van der Waals surface area contributed by atoms with Crippen molar-refractivity contribution in [2.45, 2.75) is 32.9 Å². The SMILES string of the molecule is CC(=O)NC(C(=O)NC(C)C)c1ccc(C(=O)Nc2cc(-c3cccs3)ccc2N)cc1. The van der Waals surface area contributed by atoms with Crippen LogP contribution >= 0.6 is 11.3 Å². The van der Waals surface area contributed by atoms with E-state index in [1.165, 1.54) is 6.92 Å². The first-order chi connectivity index (χ1) is 15.2. The third-order valence-corrected chi connectivity index (χ3v) is 5.57. The Hall–Kier alpha value is -3.65. The zero-order valence-electron chi connectivity index (χ0n) is 18.1. The van der Waals surface area contributed by atoms with Crippen molar-refractivity contribution in [3.05, 3.63) is 71.1 Å². The molecule has 1 atom stereocenters. The topological polar surface area (TPSA) is 113 Å². The molecule has 8 heteroatoms. The van der Waals surface area contributed by atoms with Gasteiger partial charge in [-0.1, -0.05) is 24.3 Å². The maximum absolute atomic E-state index is 12.8. The quantitative estimate of drug-likeness (QED) is 0.408. The lowest BCUT2D eigenvalue weighted by Gasteiger charge is -2.20. The molecule has 0 aliphatic carbocycles. The molecule has 1 aromatic heterocycles. The van der Waals surface area contributed by atoms with Crippen LogP contribution < -0.4 is 21.7 Å². The fourth-order valence-corrected chi connectivity index (χ4v) is 3.88. The molecule has 1 heterocycles. The van der Waals surface area contributed by atoms with Gasteiger partial charge in [0, 0.05) is 23.4 Å². The fraction of sp³-hybridized carbons (Fsp3) is 0.208. The van der Waals surface area contributed by atoms with Crippen LogP contribution in [0.1, 0.15) is 42.7 Å². The van der Waals surface area contributed by atoms with E-state index in [-0.39, 0.29) is 23.8 Å². The largest absolute Gasteiger partial charge is 0.397 e. The minimum Gasteiger partial charge on any atom is -0.397 e. The number of anilines is 2. The Morgan fingerprint density at radius 3 is 2.28 bits per heavy atom. The second-order valence-corrected chi connectivity index (χ2v) is 8.60. The summed E-state index contributed by atoms with van der Waals surface area (Å²) in [4.78, 5) is 37.9. The van der Waals surface area contributed by atoms with E-state index in [0.717, 1.165) is 10.4 Å². The number of thiophene rings is 1. The van der Waals surface area contributed by atoms with Crippen LogP contribution in [-0.2, 0) is 9.59 Å². The highest BCUT2D eigenvalue weighted by molar-refractivity contribution is 7.13. The summed E-state index contributed by atoms with van der Waals surface area (Å²) in [7, 11) is 0. The van der Waals surface area contributed by atoms with Crippen molar-refractivity contribution in [1.29, 1.82) is 0 Å². The average molecular weight is 451 g/mol. The summed E-state index contributed by atoms with van der Waals surface area (Å²) in [5.41, 5.74) is 8.99. The molecule has 3 rings (SSSR count). The van der Waals surface area contributed by atoms with Gasteiger partial charge in [-0.2, -0.15) is 0 Å². The van der Waals surface area contributed by atoms with E-state index in [9.17, 15) is 14.4 Å². The summed E-state index contributed by atoms with van der Waals surface area (Å²) >= 11 is 1.60. The molecule has 0 bridgehead atoms. The molecule has 0 aliphatic rings. The Bertz CT molecular complexity index is 1110. The van der Waals surface area contributed by atoms with E-state index in [2.05, 4.69) is 16.0 Å². The molecule has 0 saturated heterocycles. The van der Waals surface area contributed by atoms with Gasteiger partial charge in [-0.3, -0.25) is 14.4 Å². The molecule has 0 radical (unpaired) electrons. The van der Waals surface area contributed by atoms with Gasteiger partial charge in [0.2, 0.25) is 11.8 Å². The summed E-state index contributed by atoms with van der Waals surface area (Å²) in [6.45, 7) is 5.04. The Morgan fingerprint density at radius 2 is 1.69 bits per heavy atom. The van der Waals surface area contributed by atoms with Gasteiger partial charge in [-0.25, -0.2) is 0 Å². The summed E-state index contributed by atoms with van der Waals surface area (Å²) in [6.07, 6.45) is 0. The predicted molar refractivity (Wildman–Crippen MR) is 128 cm³/mol. The van der Waals surface area contributed by atoms with Gasteiger partial charge in [0.1, 0.15) is 6.04 Å². The van der Waals surface area contributed by atoms with Crippen molar-refractivity contribution in [1.82, 2.24) is 10.6 Å². The lowest BCUT2D eigenvalue weighted by Crippen LogP contribution is -2.42. The number of benzene rings is 2. The molecule has 0 aliphatic heterocycles. The highest BCUT2D eigenvalue weighted by Crippen LogP contribution is 2.30. The first-order valence-corrected chi connectivity index (χ1v) is 11.0. The maximum atomic E-state index is 12.8. The second-order valence-electron chi connectivity index (χ2n) is 7.65. The van der Waals surface area contributed by atoms with Gasteiger partial charge in [0.15, 0.2) is 0 Å². The molecule has 2 aromatic carbocycles. The molecule has 3 amide bonds. The molecule has 0 saturated carbocycles. The smallest absolute Gasteiger partial charge is 0.255 e. The molecular formula is C24H26N4O3S. The number of nitrogens with one attached hydrogen (secondary N) is 3. The van der Waals surface area contributed by atoms with E-state index in [1.807, 2.05) is 43.5 Å². The zero-order valence-corrected chi connectivity index (χ0v) is 19.0. The van der Waals surface area contributed by atoms with Gasteiger partial charge < -0.3 is 21.7 Å². The van der Waals surface area contributed by atoms with Crippen molar-refractivity contribution < 1.29 is 14.4 Å². The Balaban J connectivity index is 1.78. The second kappa shape index (κ2) is 10.1. The average Bonchev–Trinajstić information content (AvgIpc) is 3.28.